The van der Waals surface area contributed by atoms with Gasteiger partial charge in [-0.25, -0.2) is 0 Å². The molecule has 0 amide bonds. The quantitative estimate of drug-likeness (QED) is 0.797. The van der Waals surface area contributed by atoms with Gasteiger partial charge < -0.3 is 9.31 Å². The molecule has 0 radical (unpaired) electrons. The van der Waals surface area contributed by atoms with Crippen molar-refractivity contribution < 1.29 is 9.31 Å². The third kappa shape index (κ3) is 2.78. The third-order valence-corrected chi connectivity index (χ3v) is 4.79. The van der Waals surface area contributed by atoms with Crippen molar-refractivity contribution in [2.45, 2.75) is 38.9 Å². The maximum absolute atomic E-state index is 9.55. The largest absolute Gasteiger partial charge is 0.496 e. The van der Waals surface area contributed by atoms with E-state index < -0.39 is 18.3 Å². The van der Waals surface area contributed by atoms with Gasteiger partial charge in [0.2, 0.25) is 0 Å². The van der Waals surface area contributed by atoms with Gasteiger partial charge in [-0.1, -0.05) is 42.5 Å². The Labute approximate surface area is 138 Å². The summed E-state index contributed by atoms with van der Waals surface area (Å²) < 4.78 is 12.1. The highest BCUT2D eigenvalue weighted by Gasteiger charge is 2.52. The molecule has 0 aromatic heterocycles. The molecular formula is C19H20BNO2. The van der Waals surface area contributed by atoms with Gasteiger partial charge in [-0.05, 0) is 44.9 Å². The van der Waals surface area contributed by atoms with Crippen LogP contribution in [0.15, 0.2) is 48.5 Å². The van der Waals surface area contributed by atoms with E-state index in [2.05, 4.69) is 6.07 Å². The topological polar surface area (TPSA) is 42.2 Å². The summed E-state index contributed by atoms with van der Waals surface area (Å²) in [4.78, 5) is 0. The smallest absolute Gasteiger partial charge is 0.399 e. The summed E-state index contributed by atoms with van der Waals surface area (Å²) in [6.07, 6.45) is 0. The van der Waals surface area contributed by atoms with Crippen LogP contribution in [0.5, 0.6) is 0 Å². The molecule has 0 spiro atoms. The number of hydrogen-bond acceptors (Lipinski definition) is 3. The molecule has 2 aromatic rings. The van der Waals surface area contributed by atoms with Crippen LogP contribution < -0.4 is 5.46 Å². The Morgan fingerprint density at radius 1 is 0.870 bits per heavy atom. The van der Waals surface area contributed by atoms with Crippen LogP contribution in [0.1, 0.15) is 33.3 Å². The van der Waals surface area contributed by atoms with Gasteiger partial charge in [-0.15, -0.1) is 0 Å². The molecule has 1 aliphatic rings. The van der Waals surface area contributed by atoms with Crippen LogP contribution >= 0.6 is 0 Å². The van der Waals surface area contributed by atoms with Crippen molar-refractivity contribution in [2.24, 2.45) is 0 Å². The minimum Gasteiger partial charge on any atom is -0.399 e. The van der Waals surface area contributed by atoms with Gasteiger partial charge in [-0.3, -0.25) is 0 Å². The summed E-state index contributed by atoms with van der Waals surface area (Å²) in [5, 5.41) is 9.55. The summed E-state index contributed by atoms with van der Waals surface area (Å²) in [6, 6.07) is 18.1. The lowest BCUT2D eigenvalue weighted by Crippen LogP contribution is -2.41. The monoisotopic (exact) mass is 305 g/mol. The molecule has 1 saturated heterocycles. The van der Waals surface area contributed by atoms with Crippen LogP contribution in [0.25, 0.3) is 11.1 Å². The highest BCUT2D eigenvalue weighted by molar-refractivity contribution is 6.62. The fourth-order valence-corrected chi connectivity index (χ4v) is 2.64. The first-order valence-corrected chi connectivity index (χ1v) is 7.79. The highest BCUT2D eigenvalue weighted by atomic mass is 16.7. The average Bonchev–Trinajstić information content (AvgIpc) is 2.75. The van der Waals surface area contributed by atoms with E-state index in [0.717, 1.165) is 16.6 Å². The summed E-state index contributed by atoms with van der Waals surface area (Å²) in [5.74, 6) is 0. The second-order valence-electron chi connectivity index (χ2n) is 6.87. The second-order valence-corrected chi connectivity index (χ2v) is 6.87. The molecule has 116 valence electrons. The van der Waals surface area contributed by atoms with E-state index in [-0.39, 0.29) is 0 Å². The summed E-state index contributed by atoms with van der Waals surface area (Å²) in [5.41, 5.74) is 2.65. The molecule has 0 bridgehead atoms. The molecule has 4 heteroatoms. The molecule has 1 heterocycles. The lowest BCUT2D eigenvalue weighted by Gasteiger charge is -2.32. The van der Waals surface area contributed by atoms with Crippen LogP contribution in [-0.2, 0) is 9.31 Å². The normalized spacial score (nSPS) is 18.7. The molecular weight excluding hydrogens is 285 g/mol. The summed E-state index contributed by atoms with van der Waals surface area (Å²) in [7, 11) is -0.514. The number of rotatable bonds is 2. The predicted molar refractivity (Wildman–Crippen MR) is 92.3 cm³/mol. The average molecular weight is 305 g/mol. The molecule has 0 aliphatic carbocycles. The number of hydrogen-bond donors (Lipinski definition) is 0. The Bertz CT molecular complexity index is 747. The maximum Gasteiger partial charge on any atom is 0.496 e. The molecule has 3 nitrogen and oxygen atoms in total. The number of nitriles is 1. The first-order chi connectivity index (χ1) is 10.8. The SMILES string of the molecule is CC1(C)OB(c2ccc(-c3ccccc3)cc2C#N)OC1(C)C. The zero-order chi connectivity index (χ0) is 16.7. The molecule has 0 N–H and O–H groups in total. The minimum atomic E-state index is -0.514. The van der Waals surface area contributed by atoms with Gasteiger partial charge in [0.1, 0.15) is 0 Å². The van der Waals surface area contributed by atoms with Crippen molar-refractivity contribution in [3.05, 3.63) is 54.1 Å². The first kappa shape index (κ1) is 15.8. The molecule has 2 aromatic carbocycles. The van der Waals surface area contributed by atoms with Crippen molar-refractivity contribution in [1.29, 1.82) is 5.26 Å². The second kappa shape index (κ2) is 5.52. The fraction of sp³-hybridized carbons (Fsp3) is 0.316. The summed E-state index contributed by atoms with van der Waals surface area (Å²) in [6.45, 7) is 8.05. The van der Waals surface area contributed by atoms with Crippen molar-refractivity contribution in [2.75, 3.05) is 0 Å². The molecule has 1 fully saturated rings. The van der Waals surface area contributed by atoms with Gasteiger partial charge in [0.05, 0.1) is 22.8 Å². The summed E-state index contributed by atoms with van der Waals surface area (Å²) >= 11 is 0. The zero-order valence-corrected chi connectivity index (χ0v) is 14.0. The minimum absolute atomic E-state index is 0.414. The Balaban J connectivity index is 1.98. The predicted octanol–water partition coefficient (Wildman–Crippen LogP) is 3.52. The Morgan fingerprint density at radius 3 is 2.04 bits per heavy atom. The van der Waals surface area contributed by atoms with Crippen molar-refractivity contribution in [1.82, 2.24) is 0 Å². The van der Waals surface area contributed by atoms with Crippen molar-refractivity contribution in [3.63, 3.8) is 0 Å². The number of nitrogens with zero attached hydrogens (tertiary/aromatic N) is 1. The van der Waals surface area contributed by atoms with E-state index in [4.69, 9.17) is 9.31 Å². The zero-order valence-electron chi connectivity index (χ0n) is 14.0. The van der Waals surface area contributed by atoms with E-state index in [9.17, 15) is 5.26 Å². The molecule has 0 saturated carbocycles. The van der Waals surface area contributed by atoms with Crippen molar-refractivity contribution in [3.8, 4) is 17.2 Å². The van der Waals surface area contributed by atoms with Gasteiger partial charge in [0, 0.05) is 5.46 Å². The standard InChI is InChI=1S/C19H20BNO2/c1-18(2)19(3,4)23-20(22-18)17-11-10-15(12-16(17)13-21)14-8-6-5-7-9-14/h5-12H,1-4H3. The molecule has 23 heavy (non-hydrogen) atoms. The molecule has 0 atom stereocenters. The van der Waals surface area contributed by atoms with Crippen LogP contribution in [0.3, 0.4) is 0 Å². The first-order valence-electron chi connectivity index (χ1n) is 7.79. The fourth-order valence-electron chi connectivity index (χ4n) is 2.64. The van der Waals surface area contributed by atoms with Gasteiger partial charge in [-0.2, -0.15) is 5.26 Å². The Morgan fingerprint density at radius 2 is 1.48 bits per heavy atom. The van der Waals surface area contributed by atoms with E-state index in [1.807, 2.05) is 76.2 Å². The Kier molecular flexibility index (Phi) is 3.79. The van der Waals surface area contributed by atoms with E-state index in [1.165, 1.54) is 0 Å². The van der Waals surface area contributed by atoms with Gasteiger partial charge >= 0.3 is 7.12 Å². The van der Waals surface area contributed by atoms with Crippen LogP contribution in [0.2, 0.25) is 0 Å². The molecule has 3 rings (SSSR count). The van der Waals surface area contributed by atoms with Crippen LogP contribution in [0, 0.1) is 11.3 Å². The third-order valence-electron chi connectivity index (χ3n) is 4.79. The van der Waals surface area contributed by atoms with Crippen LogP contribution in [0.4, 0.5) is 0 Å². The molecule has 1 aliphatic heterocycles. The van der Waals surface area contributed by atoms with Gasteiger partial charge in [0.15, 0.2) is 0 Å². The van der Waals surface area contributed by atoms with Crippen LogP contribution in [-0.4, -0.2) is 18.3 Å². The highest BCUT2D eigenvalue weighted by Crippen LogP contribution is 2.36. The lowest BCUT2D eigenvalue weighted by molar-refractivity contribution is 0.00578. The van der Waals surface area contributed by atoms with Gasteiger partial charge in [0.25, 0.3) is 0 Å². The Hall–Kier alpha value is -2.09. The van der Waals surface area contributed by atoms with Crippen molar-refractivity contribution >= 4 is 12.6 Å². The van der Waals surface area contributed by atoms with E-state index >= 15 is 0 Å². The number of benzene rings is 2. The molecule has 0 unspecified atom stereocenters. The van der Waals surface area contributed by atoms with E-state index in [0.29, 0.717) is 5.56 Å². The lowest BCUT2D eigenvalue weighted by atomic mass is 9.75. The van der Waals surface area contributed by atoms with E-state index in [1.54, 1.807) is 0 Å². The maximum atomic E-state index is 9.55.